The molecule has 21 heavy (non-hydrogen) atoms. The molecule has 1 saturated heterocycles. The van der Waals surface area contributed by atoms with E-state index in [0.29, 0.717) is 30.6 Å². The molecule has 7 heteroatoms. The largest absolute Gasteiger partial charge is 0.398 e. The molecule has 1 fully saturated rings. The number of anilines is 1. The lowest BCUT2D eigenvalue weighted by Gasteiger charge is -2.26. The summed E-state index contributed by atoms with van der Waals surface area (Å²) in [6, 6.07) is 4.21. The fraction of sp³-hybridized carbons (Fsp3) is 0.500. The van der Waals surface area contributed by atoms with E-state index in [9.17, 15) is 13.2 Å². The van der Waals surface area contributed by atoms with Crippen LogP contribution in [-0.2, 0) is 14.8 Å². The minimum atomic E-state index is -3.71. The maximum atomic E-state index is 12.8. The van der Waals surface area contributed by atoms with Crippen LogP contribution in [0.25, 0.3) is 0 Å². The normalized spacial score (nSPS) is 19.7. The first kappa shape index (κ1) is 15.8. The van der Waals surface area contributed by atoms with Crippen LogP contribution in [0.2, 0.25) is 0 Å². The van der Waals surface area contributed by atoms with E-state index in [0.717, 1.165) is 0 Å². The van der Waals surface area contributed by atoms with Gasteiger partial charge in [0.15, 0.2) is 0 Å². The van der Waals surface area contributed by atoms with Crippen LogP contribution in [0.1, 0.15) is 18.4 Å². The predicted molar refractivity (Wildman–Crippen MR) is 81.2 cm³/mol. The topological polar surface area (TPSA) is 83.7 Å². The van der Waals surface area contributed by atoms with Gasteiger partial charge in [-0.15, -0.1) is 0 Å². The van der Waals surface area contributed by atoms with E-state index in [1.54, 1.807) is 33.2 Å². The number of carbonyl (C=O) groups excluding carboxylic acids is 1. The molecule has 1 aliphatic heterocycles. The van der Waals surface area contributed by atoms with Gasteiger partial charge >= 0.3 is 0 Å². The van der Waals surface area contributed by atoms with E-state index in [1.807, 2.05) is 0 Å². The standard InChI is InChI=1S/C14H21N3O3S/c1-10-11(15)6-4-8-13(10)21(19,20)17-9-5-7-12(17)14(18)16(2)3/h4,6,8,12H,5,7,9,15H2,1-3H3. The second kappa shape index (κ2) is 5.65. The molecule has 0 saturated carbocycles. The van der Waals surface area contributed by atoms with Crippen LogP contribution in [0.4, 0.5) is 5.69 Å². The van der Waals surface area contributed by atoms with Crippen LogP contribution >= 0.6 is 0 Å². The van der Waals surface area contributed by atoms with Crippen molar-refractivity contribution in [2.24, 2.45) is 0 Å². The lowest BCUT2D eigenvalue weighted by molar-refractivity contribution is -0.132. The molecule has 0 radical (unpaired) electrons. The Bertz CT molecular complexity index is 655. The van der Waals surface area contributed by atoms with E-state index in [2.05, 4.69) is 0 Å². The molecular formula is C14H21N3O3S. The van der Waals surface area contributed by atoms with Crippen LogP contribution in [0.3, 0.4) is 0 Å². The molecule has 1 atom stereocenters. The third kappa shape index (κ3) is 2.75. The van der Waals surface area contributed by atoms with Crippen LogP contribution in [0.5, 0.6) is 0 Å². The van der Waals surface area contributed by atoms with Gasteiger partial charge in [0.1, 0.15) is 6.04 Å². The monoisotopic (exact) mass is 311 g/mol. The molecule has 1 amide bonds. The molecule has 1 aliphatic rings. The molecule has 0 spiro atoms. The number of rotatable bonds is 3. The van der Waals surface area contributed by atoms with Crippen molar-refractivity contribution >= 4 is 21.6 Å². The van der Waals surface area contributed by atoms with Gasteiger partial charge in [0, 0.05) is 26.3 Å². The minimum absolute atomic E-state index is 0.181. The number of nitrogens with two attached hydrogens (primary N) is 1. The summed E-state index contributed by atoms with van der Waals surface area (Å²) in [4.78, 5) is 13.8. The summed E-state index contributed by atoms with van der Waals surface area (Å²) in [5, 5.41) is 0. The van der Waals surface area contributed by atoms with Crippen molar-refractivity contribution < 1.29 is 13.2 Å². The van der Waals surface area contributed by atoms with Gasteiger partial charge in [-0.3, -0.25) is 4.79 Å². The van der Waals surface area contributed by atoms with Gasteiger partial charge in [0.2, 0.25) is 15.9 Å². The molecule has 0 aromatic heterocycles. The molecule has 2 N–H and O–H groups in total. The zero-order valence-corrected chi connectivity index (χ0v) is 13.4. The van der Waals surface area contributed by atoms with Gasteiger partial charge in [-0.25, -0.2) is 8.42 Å². The molecular weight excluding hydrogens is 290 g/mol. The molecule has 116 valence electrons. The first-order valence-corrected chi connectivity index (χ1v) is 8.29. The quantitative estimate of drug-likeness (QED) is 0.838. The third-order valence-electron chi connectivity index (χ3n) is 3.84. The minimum Gasteiger partial charge on any atom is -0.398 e. The summed E-state index contributed by atoms with van der Waals surface area (Å²) < 4.78 is 27.0. The summed E-state index contributed by atoms with van der Waals surface area (Å²) in [6.07, 6.45) is 1.24. The summed E-state index contributed by atoms with van der Waals surface area (Å²) in [5.41, 5.74) is 6.76. The lowest BCUT2D eigenvalue weighted by Crippen LogP contribution is -2.45. The van der Waals surface area contributed by atoms with E-state index in [-0.39, 0.29) is 10.8 Å². The van der Waals surface area contributed by atoms with Crippen LogP contribution in [0.15, 0.2) is 23.1 Å². The zero-order valence-electron chi connectivity index (χ0n) is 12.5. The highest BCUT2D eigenvalue weighted by Gasteiger charge is 2.40. The number of sulfonamides is 1. The highest BCUT2D eigenvalue weighted by molar-refractivity contribution is 7.89. The summed E-state index contributed by atoms with van der Waals surface area (Å²) >= 11 is 0. The lowest BCUT2D eigenvalue weighted by atomic mass is 10.2. The Morgan fingerprint density at radius 2 is 2.05 bits per heavy atom. The average Bonchev–Trinajstić information content (AvgIpc) is 2.90. The van der Waals surface area contributed by atoms with Gasteiger partial charge in [0.25, 0.3) is 0 Å². The molecule has 6 nitrogen and oxygen atoms in total. The maximum Gasteiger partial charge on any atom is 0.244 e. The number of nitrogen functional groups attached to an aromatic ring is 1. The van der Waals surface area contributed by atoms with Gasteiger partial charge in [-0.2, -0.15) is 4.31 Å². The number of carbonyl (C=O) groups is 1. The number of nitrogens with zero attached hydrogens (tertiary/aromatic N) is 2. The van der Waals surface area contributed by atoms with Crippen molar-refractivity contribution in [1.29, 1.82) is 0 Å². The van der Waals surface area contributed by atoms with Crippen molar-refractivity contribution in [1.82, 2.24) is 9.21 Å². The summed E-state index contributed by atoms with van der Waals surface area (Å²) in [7, 11) is -0.442. The number of hydrogen-bond donors (Lipinski definition) is 1. The average molecular weight is 311 g/mol. The molecule has 1 unspecified atom stereocenters. The molecule has 1 heterocycles. The second-order valence-corrected chi connectivity index (χ2v) is 7.34. The fourth-order valence-corrected chi connectivity index (χ4v) is 4.52. The van der Waals surface area contributed by atoms with Gasteiger partial charge in [-0.1, -0.05) is 6.07 Å². The molecule has 2 rings (SSSR count). The Hall–Kier alpha value is -1.60. The Labute approximate surface area is 125 Å². The predicted octanol–water partition coefficient (Wildman–Crippen LogP) is 0.819. The molecule has 0 aliphatic carbocycles. The molecule has 1 aromatic rings. The SMILES string of the molecule is Cc1c(N)cccc1S(=O)(=O)N1CCCC1C(=O)N(C)C. The number of hydrogen-bond acceptors (Lipinski definition) is 4. The Morgan fingerprint density at radius 1 is 1.38 bits per heavy atom. The van der Waals surface area contributed by atoms with Gasteiger partial charge < -0.3 is 10.6 Å². The Balaban J connectivity index is 2.43. The van der Waals surface area contributed by atoms with Crippen molar-refractivity contribution in [3.05, 3.63) is 23.8 Å². The Morgan fingerprint density at radius 3 is 2.67 bits per heavy atom. The van der Waals surface area contributed by atoms with Crippen molar-refractivity contribution in [2.75, 3.05) is 26.4 Å². The molecule has 0 bridgehead atoms. The smallest absolute Gasteiger partial charge is 0.244 e. The van der Waals surface area contributed by atoms with Crippen molar-refractivity contribution in [3.63, 3.8) is 0 Å². The van der Waals surface area contributed by atoms with E-state index in [1.165, 1.54) is 15.3 Å². The van der Waals surface area contributed by atoms with Crippen molar-refractivity contribution in [2.45, 2.75) is 30.7 Å². The number of benzene rings is 1. The van der Waals surface area contributed by atoms with Crippen LogP contribution in [-0.4, -0.2) is 50.2 Å². The summed E-state index contributed by atoms with van der Waals surface area (Å²) in [6.45, 7) is 2.04. The first-order valence-electron chi connectivity index (χ1n) is 6.85. The van der Waals surface area contributed by atoms with E-state index >= 15 is 0 Å². The number of amides is 1. The van der Waals surface area contributed by atoms with Crippen LogP contribution < -0.4 is 5.73 Å². The van der Waals surface area contributed by atoms with E-state index < -0.39 is 16.1 Å². The highest BCUT2D eigenvalue weighted by Crippen LogP contribution is 2.30. The van der Waals surface area contributed by atoms with Gasteiger partial charge in [-0.05, 0) is 37.5 Å². The second-order valence-electron chi connectivity index (χ2n) is 5.48. The third-order valence-corrected chi connectivity index (χ3v) is 5.89. The summed E-state index contributed by atoms with van der Waals surface area (Å²) in [5.74, 6) is -0.183. The number of likely N-dealkylation sites (N-methyl/N-ethyl adjacent to an activating group) is 1. The van der Waals surface area contributed by atoms with Gasteiger partial charge in [0.05, 0.1) is 4.90 Å². The zero-order chi connectivity index (χ0) is 15.8. The van der Waals surface area contributed by atoms with Crippen molar-refractivity contribution in [3.8, 4) is 0 Å². The van der Waals surface area contributed by atoms with E-state index in [4.69, 9.17) is 5.73 Å². The highest BCUT2D eigenvalue weighted by atomic mass is 32.2. The first-order chi connectivity index (χ1) is 9.76. The maximum absolute atomic E-state index is 12.8. The fourth-order valence-electron chi connectivity index (χ4n) is 2.61. The Kier molecular flexibility index (Phi) is 4.25. The van der Waals surface area contributed by atoms with Crippen LogP contribution in [0, 0.1) is 6.92 Å². The molecule has 1 aromatic carbocycles.